The average molecular weight is 588 g/mol. The molecule has 0 heterocycles. The maximum absolute atomic E-state index is 13.7. The lowest BCUT2D eigenvalue weighted by Gasteiger charge is -2.42. The molecule has 0 spiro atoms. The van der Waals surface area contributed by atoms with Gasteiger partial charge >= 0.3 is 53.6 Å². The Balaban J connectivity index is 5.79. The van der Waals surface area contributed by atoms with Crippen molar-refractivity contribution in [1.29, 1.82) is 0 Å². The third-order valence-electron chi connectivity index (χ3n) is 4.84. The lowest BCUT2D eigenvalue weighted by Crippen LogP contribution is -2.74. The van der Waals surface area contributed by atoms with Crippen LogP contribution in [0, 0.1) is 0 Å². The van der Waals surface area contributed by atoms with Crippen LogP contribution >= 0.6 is 0 Å². The zero-order valence-corrected chi connectivity index (χ0v) is 17.9. The fourth-order valence-corrected chi connectivity index (χ4v) is 2.57. The molecule has 2 nitrogen and oxygen atoms in total. The first-order valence-corrected chi connectivity index (χ1v) is 9.75. The van der Waals surface area contributed by atoms with Crippen LogP contribution in [0.1, 0.15) is 44.9 Å². The highest BCUT2D eigenvalue weighted by Gasteiger charge is 2.95. The Bertz CT molecular complexity index is 799. The molecule has 0 rings (SSSR count). The third-order valence-corrected chi connectivity index (χ3v) is 4.84. The second kappa shape index (κ2) is 11.0. The molecule has 0 atom stereocenters. The van der Waals surface area contributed by atoms with E-state index < -0.39 is 60.0 Å². The molecule has 19 heteroatoms. The zero-order chi connectivity index (χ0) is 29.9. The van der Waals surface area contributed by atoms with E-state index in [-0.39, 0.29) is 38.2 Å². The summed E-state index contributed by atoms with van der Waals surface area (Å²) in [5.74, 6) is -57.4. The number of carbonyl (C=O) groups is 1. The lowest BCUT2D eigenvalue weighted by molar-refractivity contribution is -0.461. The molecule has 0 aromatic carbocycles. The highest BCUT2D eigenvalue weighted by Crippen LogP contribution is 2.64. The Morgan fingerprint density at radius 2 is 0.892 bits per heavy atom. The van der Waals surface area contributed by atoms with Crippen LogP contribution < -0.4 is 0 Å². The Labute approximate surface area is 196 Å². The van der Waals surface area contributed by atoms with Crippen molar-refractivity contribution >= 4 is 5.97 Å². The van der Waals surface area contributed by atoms with E-state index in [1.807, 2.05) is 0 Å². The van der Waals surface area contributed by atoms with Gasteiger partial charge in [-0.2, -0.15) is 74.6 Å². The van der Waals surface area contributed by atoms with E-state index in [2.05, 4.69) is 0 Å². The van der Waals surface area contributed by atoms with Gasteiger partial charge in [-0.15, -0.1) is 0 Å². The highest BCUT2D eigenvalue weighted by molar-refractivity contribution is 5.66. The number of aliphatic carboxylic acids is 1. The van der Waals surface area contributed by atoms with E-state index in [0.717, 1.165) is 0 Å². The van der Waals surface area contributed by atoms with E-state index in [4.69, 9.17) is 5.11 Å². The molecule has 0 saturated carbocycles. The molecule has 0 fully saturated rings. The summed E-state index contributed by atoms with van der Waals surface area (Å²) in [4.78, 5) is 10.3. The first kappa shape index (κ1) is 35.0. The van der Waals surface area contributed by atoms with Crippen molar-refractivity contribution in [3.8, 4) is 0 Å². The SMILES string of the molecule is O=C(O)CCCCCC/C=C\CC(F)(F)C(F)(F)C(F)(F)C(F)(F)C(F)(F)C(F)(F)C(F)(F)C(F)(F)F. The fourth-order valence-electron chi connectivity index (χ4n) is 2.57. The molecule has 0 aliphatic rings. The normalized spacial score (nSPS) is 15.5. The quantitative estimate of drug-likeness (QED) is 0.119. The van der Waals surface area contributed by atoms with Crippen LogP contribution in [0.2, 0.25) is 0 Å². The molecule has 0 amide bonds. The van der Waals surface area contributed by atoms with Gasteiger partial charge in [0.15, 0.2) is 0 Å². The molecular weight excluding hydrogens is 571 g/mol. The molecular formula is C18H17F17O2. The van der Waals surface area contributed by atoms with Crippen LogP contribution in [0.3, 0.4) is 0 Å². The number of alkyl halides is 17. The van der Waals surface area contributed by atoms with Gasteiger partial charge in [0, 0.05) is 12.8 Å². The number of carboxylic acids is 1. The lowest BCUT2D eigenvalue weighted by atomic mass is 9.88. The number of allylic oxidation sites excluding steroid dienone is 2. The van der Waals surface area contributed by atoms with Gasteiger partial charge in [0.2, 0.25) is 0 Å². The van der Waals surface area contributed by atoms with Crippen molar-refractivity contribution < 1.29 is 84.5 Å². The van der Waals surface area contributed by atoms with Crippen LogP contribution in [0.25, 0.3) is 0 Å². The zero-order valence-electron chi connectivity index (χ0n) is 17.9. The van der Waals surface area contributed by atoms with Crippen molar-refractivity contribution in [3.63, 3.8) is 0 Å². The summed E-state index contributed by atoms with van der Waals surface area (Å²) >= 11 is 0. The number of hydrogen-bond donors (Lipinski definition) is 1. The molecule has 0 saturated heterocycles. The molecule has 0 radical (unpaired) electrons. The van der Waals surface area contributed by atoms with Gasteiger partial charge in [0.1, 0.15) is 0 Å². The van der Waals surface area contributed by atoms with Gasteiger partial charge in [0.05, 0.1) is 0 Å². The monoisotopic (exact) mass is 588 g/mol. The maximum Gasteiger partial charge on any atom is 0.460 e. The van der Waals surface area contributed by atoms with E-state index >= 15 is 0 Å². The maximum atomic E-state index is 13.7. The van der Waals surface area contributed by atoms with Crippen molar-refractivity contribution in [1.82, 2.24) is 0 Å². The first-order valence-electron chi connectivity index (χ1n) is 9.75. The van der Waals surface area contributed by atoms with Crippen LogP contribution in [-0.2, 0) is 4.79 Å². The fraction of sp³-hybridized carbons (Fsp3) is 0.833. The second-order valence-corrected chi connectivity index (χ2v) is 7.67. The van der Waals surface area contributed by atoms with Crippen LogP contribution in [-0.4, -0.2) is 58.7 Å². The van der Waals surface area contributed by atoms with E-state index in [0.29, 0.717) is 12.5 Å². The summed E-state index contributed by atoms with van der Waals surface area (Å²) < 4.78 is 223. The Hall–Kier alpha value is -1.98. The molecule has 0 aromatic heterocycles. The molecule has 0 unspecified atom stereocenters. The number of rotatable bonds is 15. The van der Waals surface area contributed by atoms with Gasteiger partial charge in [-0.25, -0.2) is 0 Å². The molecule has 1 N–H and O–H groups in total. The highest BCUT2D eigenvalue weighted by atomic mass is 19.4. The van der Waals surface area contributed by atoms with E-state index in [9.17, 15) is 79.4 Å². The Kier molecular flexibility index (Phi) is 10.4. The summed E-state index contributed by atoms with van der Waals surface area (Å²) in [5.41, 5.74) is 0. The average Bonchev–Trinajstić information content (AvgIpc) is 2.70. The molecule has 0 aliphatic carbocycles. The predicted molar refractivity (Wildman–Crippen MR) is 89.8 cm³/mol. The minimum Gasteiger partial charge on any atom is -0.481 e. The van der Waals surface area contributed by atoms with Gasteiger partial charge in [-0.05, 0) is 19.3 Å². The molecule has 220 valence electrons. The van der Waals surface area contributed by atoms with Crippen molar-refractivity contribution in [2.45, 2.75) is 92.6 Å². The number of halogens is 17. The summed E-state index contributed by atoms with van der Waals surface area (Å²) in [6.07, 6.45) is -9.35. The smallest absolute Gasteiger partial charge is 0.460 e. The van der Waals surface area contributed by atoms with Crippen molar-refractivity contribution in [2.24, 2.45) is 0 Å². The topological polar surface area (TPSA) is 37.3 Å². The van der Waals surface area contributed by atoms with Gasteiger partial charge in [-0.3, -0.25) is 4.79 Å². The predicted octanol–water partition coefficient (Wildman–Crippen LogP) is 8.37. The van der Waals surface area contributed by atoms with Crippen LogP contribution in [0.4, 0.5) is 74.6 Å². The number of unbranched alkanes of at least 4 members (excludes halogenated alkanes) is 4. The van der Waals surface area contributed by atoms with E-state index in [1.165, 1.54) is 0 Å². The summed E-state index contributed by atoms with van der Waals surface area (Å²) in [6.45, 7) is 0. The standard InChI is InChI=1S/C18H17F17O2/c19-11(20,9-7-5-3-1-2-4-6-8-10(36)37)12(21,22)13(23,24)14(25,26)15(27,28)16(29,30)17(31,32)18(33,34)35/h5,7H,1-4,6,8-9H2,(H,36,37)/b7-5-. The largest absolute Gasteiger partial charge is 0.481 e. The first-order chi connectivity index (χ1) is 16.2. The van der Waals surface area contributed by atoms with Gasteiger partial charge in [0.25, 0.3) is 0 Å². The summed E-state index contributed by atoms with van der Waals surface area (Å²) in [7, 11) is 0. The molecule has 0 aliphatic heterocycles. The van der Waals surface area contributed by atoms with Crippen LogP contribution in [0.15, 0.2) is 12.2 Å². The second-order valence-electron chi connectivity index (χ2n) is 7.67. The molecule has 0 aromatic rings. The van der Waals surface area contributed by atoms with Gasteiger partial charge < -0.3 is 5.11 Å². The molecule has 37 heavy (non-hydrogen) atoms. The minimum atomic E-state index is -8.63. The summed E-state index contributed by atoms with van der Waals surface area (Å²) in [5, 5.41) is 8.39. The summed E-state index contributed by atoms with van der Waals surface area (Å²) in [6, 6.07) is 0. The van der Waals surface area contributed by atoms with Crippen molar-refractivity contribution in [3.05, 3.63) is 12.2 Å². The number of hydrogen-bond acceptors (Lipinski definition) is 1. The molecule has 0 bridgehead atoms. The number of carboxylic acid groups (broad SMARTS) is 1. The Morgan fingerprint density at radius 3 is 1.30 bits per heavy atom. The Morgan fingerprint density at radius 1 is 0.514 bits per heavy atom. The van der Waals surface area contributed by atoms with Crippen LogP contribution in [0.5, 0.6) is 0 Å². The minimum absolute atomic E-state index is 0.00999. The van der Waals surface area contributed by atoms with Crippen molar-refractivity contribution in [2.75, 3.05) is 0 Å². The van der Waals surface area contributed by atoms with Gasteiger partial charge in [-0.1, -0.05) is 25.0 Å². The third kappa shape index (κ3) is 6.37. The van der Waals surface area contributed by atoms with E-state index in [1.54, 1.807) is 0 Å².